The van der Waals surface area contributed by atoms with Crippen molar-refractivity contribution < 1.29 is 38.5 Å². The van der Waals surface area contributed by atoms with Crippen molar-refractivity contribution >= 4 is 23.9 Å². The number of alkyl carbamates (subject to hydrolysis) is 1. The van der Waals surface area contributed by atoms with Crippen LogP contribution in [0.5, 0.6) is 0 Å². The van der Waals surface area contributed by atoms with Gasteiger partial charge in [-0.25, -0.2) is 9.18 Å². The number of hydrogen-bond donors (Lipinski definition) is 5. The van der Waals surface area contributed by atoms with Crippen LogP contribution >= 0.6 is 0 Å². The Labute approximate surface area is 241 Å². The van der Waals surface area contributed by atoms with Gasteiger partial charge in [0.05, 0.1) is 18.6 Å². The van der Waals surface area contributed by atoms with Gasteiger partial charge in [-0.2, -0.15) is 0 Å². The standard InChI is InChI=1S/C30H46FN3O7/c1-30(2,3)41-29(40)34-24(18-21-8-5-4-6-9-21)25(35)19-26(36)33-23(15-16-27(37)38)28(39)32-17-7-10-20-11-13-22(31)14-12-20/h11-14,21,23-25,35H,4-10,15-19H2,1-3H3,(H,32,39)(H,33,36)(H,34,40)(H,37,38)/t23-,24?,25?/m0/s1. The molecule has 3 amide bonds. The molecule has 11 heteroatoms. The molecule has 1 aliphatic carbocycles. The lowest BCUT2D eigenvalue weighted by Crippen LogP contribution is -2.50. The molecule has 0 aromatic heterocycles. The number of amides is 3. The highest BCUT2D eigenvalue weighted by Crippen LogP contribution is 2.28. The highest BCUT2D eigenvalue weighted by Gasteiger charge is 2.30. The summed E-state index contributed by atoms with van der Waals surface area (Å²) in [6.07, 6.45) is 4.16. The van der Waals surface area contributed by atoms with Gasteiger partial charge in [0.1, 0.15) is 17.5 Å². The van der Waals surface area contributed by atoms with Crippen LogP contribution in [-0.4, -0.2) is 64.4 Å². The third-order valence-electron chi connectivity index (χ3n) is 7.03. The first-order valence-corrected chi connectivity index (χ1v) is 14.5. The Balaban J connectivity index is 1.96. The van der Waals surface area contributed by atoms with Crippen LogP contribution in [0.15, 0.2) is 24.3 Å². The van der Waals surface area contributed by atoms with E-state index in [4.69, 9.17) is 9.84 Å². The van der Waals surface area contributed by atoms with E-state index in [1.54, 1.807) is 32.9 Å². The Morgan fingerprint density at radius 2 is 1.71 bits per heavy atom. The van der Waals surface area contributed by atoms with Crippen molar-refractivity contribution in [2.24, 2.45) is 5.92 Å². The number of carbonyl (C=O) groups excluding carboxylic acids is 3. The zero-order valence-electron chi connectivity index (χ0n) is 24.4. The molecule has 0 radical (unpaired) electrons. The number of halogens is 1. The summed E-state index contributed by atoms with van der Waals surface area (Å²) in [5.41, 5.74) is 0.180. The van der Waals surface area contributed by atoms with Crippen molar-refractivity contribution in [1.82, 2.24) is 16.0 Å². The van der Waals surface area contributed by atoms with Crippen molar-refractivity contribution in [1.29, 1.82) is 0 Å². The summed E-state index contributed by atoms with van der Waals surface area (Å²) < 4.78 is 18.4. The van der Waals surface area contributed by atoms with Gasteiger partial charge in [-0.1, -0.05) is 44.2 Å². The van der Waals surface area contributed by atoms with E-state index in [0.29, 0.717) is 25.2 Å². The topological polar surface area (TPSA) is 154 Å². The fraction of sp³-hybridized carbons (Fsp3) is 0.667. The number of nitrogens with one attached hydrogen (secondary N) is 3. The zero-order valence-corrected chi connectivity index (χ0v) is 24.4. The van der Waals surface area contributed by atoms with E-state index in [0.717, 1.165) is 37.7 Å². The van der Waals surface area contributed by atoms with Crippen molar-refractivity contribution in [2.45, 2.75) is 115 Å². The first-order valence-electron chi connectivity index (χ1n) is 14.5. The zero-order chi connectivity index (χ0) is 30.4. The summed E-state index contributed by atoms with van der Waals surface area (Å²) in [7, 11) is 0. The van der Waals surface area contributed by atoms with E-state index in [1.807, 2.05) is 0 Å². The Hall–Kier alpha value is -3.21. The number of carbonyl (C=O) groups is 4. The van der Waals surface area contributed by atoms with Crippen molar-refractivity contribution in [2.75, 3.05) is 6.54 Å². The fourth-order valence-corrected chi connectivity index (χ4v) is 4.95. The van der Waals surface area contributed by atoms with Gasteiger partial charge in [-0.05, 0) is 70.1 Å². The van der Waals surface area contributed by atoms with Crippen molar-refractivity contribution in [3.63, 3.8) is 0 Å². The summed E-state index contributed by atoms with van der Waals surface area (Å²) in [5.74, 6) is -2.30. The van der Waals surface area contributed by atoms with E-state index in [-0.39, 0.29) is 31.6 Å². The second-order valence-electron chi connectivity index (χ2n) is 11.8. The number of carboxylic acid groups (broad SMARTS) is 1. The number of aliphatic hydroxyl groups is 1. The average Bonchev–Trinajstić information content (AvgIpc) is 2.89. The van der Waals surface area contributed by atoms with Crippen LogP contribution in [0, 0.1) is 11.7 Å². The molecule has 1 fully saturated rings. The number of aliphatic hydroxyl groups excluding tert-OH is 1. The molecule has 0 bridgehead atoms. The lowest BCUT2D eigenvalue weighted by Gasteiger charge is -2.31. The van der Waals surface area contributed by atoms with E-state index < -0.39 is 47.7 Å². The molecule has 1 aliphatic rings. The molecule has 0 spiro atoms. The van der Waals surface area contributed by atoms with Gasteiger partial charge < -0.3 is 30.9 Å². The number of hydrogen-bond acceptors (Lipinski definition) is 6. The summed E-state index contributed by atoms with van der Waals surface area (Å²) in [4.78, 5) is 49.3. The number of aliphatic carboxylic acids is 1. The maximum Gasteiger partial charge on any atom is 0.407 e. The molecule has 0 heterocycles. The number of carboxylic acids is 1. The summed E-state index contributed by atoms with van der Waals surface area (Å²) >= 11 is 0. The number of benzene rings is 1. The largest absolute Gasteiger partial charge is 0.481 e. The monoisotopic (exact) mass is 579 g/mol. The predicted octanol–water partition coefficient (Wildman–Crippen LogP) is 3.84. The van der Waals surface area contributed by atoms with Gasteiger partial charge in [0, 0.05) is 13.0 Å². The molecule has 1 aromatic carbocycles. The lowest BCUT2D eigenvalue weighted by molar-refractivity contribution is -0.138. The predicted molar refractivity (Wildman–Crippen MR) is 152 cm³/mol. The molecule has 10 nitrogen and oxygen atoms in total. The first-order chi connectivity index (χ1) is 19.3. The highest BCUT2D eigenvalue weighted by molar-refractivity contribution is 5.88. The molecular formula is C30H46FN3O7. The van der Waals surface area contributed by atoms with Crippen molar-refractivity contribution in [3.8, 4) is 0 Å². The number of aryl methyl sites for hydroxylation is 1. The van der Waals surface area contributed by atoms with Crippen LogP contribution in [0.1, 0.15) is 90.5 Å². The summed E-state index contributed by atoms with van der Waals surface area (Å²) in [6.45, 7) is 5.48. The maximum atomic E-state index is 13.1. The molecule has 0 saturated heterocycles. The summed E-state index contributed by atoms with van der Waals surface area (Å²) in [6, 6.07) is 4.23. The van der Waals surface area contributed by atoms with E-state index in [9.17, 15) is 28.7 Å². The van der Waals surface area contributed by atoms with Gasteiger partial charge in [-0.3, -0.25) is 14.4 Å². The van der Waals surface area contributed by atoms with Crippen LogP contribution in [0.3, 0.4) is 0 Å². The minimum atomic E-state index is -1.23. The Kier molecular flexibility index (Phi) is 14.0. The lowest BCUT2D eigenvalue weighted by atomic mass is 9.83. The Bertz CT molecular complexity index is 991. The van der Waals surface area contributed by atoms with E-state index in [2.05, 4.69) is 16.0 Å². The fourth-order valence-electron chi connectivity index (χ4n) is 4.95. The van der Waals surface area contributed by atoms with Gasteiger partial charge >= 0.3 is 12.1 Å². The van der Waals surface area contributed by atoms with Crippen molar-refractivity contribution in [3.05, 3.63) is 35.6 Å². The minimum absolute atomic E-state index is 0.122. The van der Waals surface area contributed by atoms with Gasteiger partial charge in [-0.15, -0.1) is 0 Å². The van der Waals surface area contributed by atoms with Gasteiger partial charge in [0.15, 0.2) is 0 Å². The quantitative estimate of drug-likeness (QED) is 0.198. The van der Waals surface area contributed by atoms with Crippen LogP contribution in [0.25, 0.3) is 0 Å². The molecular weight excluding hydrogens is 533 g/mol. The molecule has 2 unspecified atom stereocenters. The smallest absolute Gasteiger partial charge is 0.407 e. The maximum absolute atomic E-state index is 13.1. The Morgan fingerprint density at radius 1 is 1.05 bits per heavy atom. The molecule has 3 atom stereocenters. The average molecular weight is 580 g/mol. The second-order valence-corrected chi connectivity index (χ2v) is 11.8. The van der Waals surface area contributed by atoms with E-state index in [1.165, 1.54) is 12.1 Å². The first kappa shape index (κ1) is 34.0. The van der Waals surface area contributed by atoms with Crippen LogP contribution in [-0.2, 0) is 25.5 Å². The summed E-state index contributed by atoms with van der Waals surface area (Å²) in [5, 5.41) is 28.1. The highest BCUT2D eigenvalue weighted by atomic mass is 19.1. The SMILES string of the molecule is CC(C)(C)OC(=O)NC(CC1CCCCC1)C(O)CC(=O)N[C@@H](CCC(=O)O)C(=O)NCCCc1ccc(F)cc1. The Morgan fingerprint density at radius 3 is 2.32 bits per heavy atom. The third-order valence-corrected chi connectivity index (χ3v) is 7.03. The normalized spacial score (nSPS) is 16.2. The molecule has 1 aromatic rings. The number of rotatable bonds is 15. The van der Waals surface area contributed by atoms with Crippen LogP contribution in [0.4, 0.5) is 9.18 Å². The molecule has 2 rings (SSSR count). The second kappa shape index (κ2) is 16.9. The van der Waals surface area contributed by atoms with Gasteiger partial charge in [0.25, 0.3) is 0 Å². The molecule has 0 aliphatic heterocycles. The number of ether oxygens (including phenoxy) is 1. The molecule has 230 valence electrons. The molecule has 5 N–H and O–H groups in total. The van der Waals surface area contributed by atoms with Crippen LogP contribution < -0.4 is 16.0 Å². The minimum Gasteiger partial charge on any atom is -0.481 e. The third kappa shape index (κ3) is 14.3. The van der Waals surface area contributed by atoms with Crippen LogP contribution in [0.2, 0.25) is 0 Å². The molecule has 1 saturated carbocycles. The molecule has 41 heavy (non-hydrogen) atoms. The van der Waals surface area contributed by atoms with E-state index >= 15 is 0 Å². The van der Waals surface area contributed by atoms with Gasteiger partial charge in [0.2, 0.25) is 11.8 Å².